The summed E-state index contributed by atoms with van der Waals surface area (Å²) < 4.78 is 0. The molecule has 0 bridgehead atoms. The molecule has 0 amide bonds. The van der Waals surface area contributed by atoms with Crippen molar-refractivity contribution < 1.29 is 15.0 Å². The van der Waals surface area contributed by atoms with Gasteiger partial charge in [0.2, 0.25) is 0 Å². The third kappa shape index (κ3) is 2.61. The summed E-state index contributed by atoms with van der Waals surface area (Å²) in [5, 5.41) is 17.9. The SMILES string of the molecule is Cl.NCC(=O)c1ccc(O)c(O)c1. The number of benzene rings is 1. The lowest BCUT2D eigenvalue weighted by atomic mass is 10.1. The smallest absolute Gasteiger partial charge is 0.176 e. The highest BCUT2D eigenvalue weighted by Crippen LogP contribution is 2.24. The molecule has 1 rings (SSSR count). The zero-order valence-corrected chi connectivity index (χ0v) is 7.54. The van der Waals surface area contributed by atoms with Crippen LogP contribution in [0, 0.1) is 0 Å². The van der Waals surface area contributed by atoms with Crippen molar-refractivity contribution in [3.8, 4) is 11.5 Å². The second kappa shape index (κ2) is 4.69. The first-order chi connectivity index (χ1) is 5.65. The van der Waals surface area contributed by atoms with Gasteiger partial charge in [-0.3, -0.25) is 4.79 Å². The molecule has 0 spiro atoms. The number of nitrogens with two attached hydrogens (primary N) is 1. The molecule has 0 unspecified atom stereocenters. The molecule has 1 aromatic carbocycles. The topological polar surface area (TPSA) is 83.6 Å². The van der Waals surface area contributed by atoms with E-state index in [1.54, 1.807) is 0 Å². The van der Waals surface area contributed by atoms with Crippen molar-refractivity contribution in [3.05, 3.63) is 23.8 Å². The third-order valence-electron chi connectivity index (χ3n) is 1.48. The lowest BCUT2D eigenvalue weighted by molar-refractivity contribution is 0.100. The first-order valence-corrected chi connectivity index (χ1v) is 3.40. The van der Waals surface area contributed by atoms with Crippen LogP contribution in [0.2, 0.25) is 0 Å². The third-order valence-corrected chi connectivity index (χ3v) is 1.48. The fraction of sp³-hybridized carbons (Fsp3) is 0.125. The van der Waals surface area contributed by atoms with Gasteiger partial charge in [-0.2, -0.15) is 0 Å². The van der Waals surface area contributed by atoms with Crippen LogP contribution in [0.5, 0.6) is 11.5 Å². The number of phenols is 2. The molecule has 0 aliphatic carbocycles. The molecule has 0 aliphatic heterocycles. The normalized spacial score (nSPS) is 9.00. The van der Waals surface area contributed by atoms with E-state index >= 15 is 0 Å². The standard InChI is InChI=1S/C8H9NO3.ClH/c9-4-8(12)5-1-2-6(10)7(11)3-5;/h1-3,10-11H,4,9H2;1H. The molecule has 0 radical (unpaired) electrons. The number of Topliss-reactive ketones (excluding diaryl/α,β-unsaturated/α-hetero) is 1. The average Bonchev–Trinajstić information content (AvgIpc) is 2.08. The summed E-state index contributed by atoms with van der Waals surface area (Å²) in [6.07, 6.45) is 0. The first kappa shape index (κ1) is 11.7. The minimum absolute atomic E-state index is 0. The molecule has 1 aromatic rings. The van der Waals surface area contributed by atoms with Crippen molar-refractivity contribution >= 4 is 18.2 Å². The maximum atomic E-state index is 11.0. The Morgan fingerprint density at radius 3 is 2.38 bits per heavy atom. The second-order valence-electron chi connectivity index (χ2n) is 2.33. The highest BCUT2D eigenvalue weighted by atomic mass is 35.5. The van der Waals surface area contributed by atoms with Crippen molar-refractivity contribution in [2.45, 2.75) is 0 Å². The number of ketones is 1. The Kier molecular flexibility index (Phi) is 4.23. The molecule has 0 atom stereocenters. The van der Waals surface area contributed by atoms with Crippen LogP contribution in [-0.2, 0) is 0 Å². The number of phenolic OH excluding ortho intramolecular Hbond substituents is 2. The summed E-state index contributed by atoms with van der Waals surface area (Å²) in [4.78, 5) is 11.0. The minimum Gasteiger partial charge on any atom is -0.504 e. The van der Waals surface area contributed by atoms with Gasteiger partial charge in [-0.05, 0) is 18.2 Å². The first-order valence-electron chi connectivity index (χ1n) is 3.40. The number of halogens is 1. The number of rotatable bonds is 2. The van der Waals surface area contributed by atoms with Crippen molar-refractivity contribution in [1.82, 2.24) is 0 Å². The number of aromatic hydroxyl groups is 2. The van der Waals surface area contributed by atoms with E-state index in [-0.39, 0.29) is 36.2 Å². The Hall–Kier alpha value is -1.26. The number of carbonyl (C=O) groups excluding carboxylic acids is 1. The highest BCUT2D eigenvalue weighted by Gasteiger charge is 2.05. The van der Waals surface area contributed by atoms with Gasteiger partial charge in [0, 0.05) is 5.56 Å². The van der Waals surface area contributed by atoms with E-state index < -0.39 is 0 Å². The van der Waals surface area contributed by atoms with Crippen molar-refractivity contribution in [2.24, 2.45) is 5.73 Å². The molecule has 0 fully saturated rings. The molecule has 0 aliphatic rings. The van der Waals surface area contributed by atoms with E-state index in [9.17, 15) is 4.79 Å². The summed E-state index contributed by atoms with van der Waals surface area (Å²) in [5.41, 5.74) is 5.40. The van der Waals surface area contributed by atoms with Gasteiger partial charge in [0.1, 0.15) is 0 Å². The monoisotopic (exact) mass is 203 g/mol. The summed E-state index contributed by atoms with van der Waals surface area (Å²) in [6, 6.07) is 3.84. The lowest BCUT2D eigenvalue weighted by Crippen LogP contribution is -2.13. The zero-order chi connectivity index (χ0) is 9.14. The quantitative estimate of drug-likeness (QED) is 0.487. The summed E-state index contributed by atoms with van der Waals surface area (Å²) in [7, 11) is 0. The van der Waals surface area contributed by atoms with Crippen LogP contribution in [0.15, 0.2) is 18.2 Å². The minimum atomic E-state index is -0.311. The van der Waals surface area contributed by atoms with Gasteiger partial charge >= 0.3 is 0 Å². The maximum Gasteiger partial charge on any atom is 0.176 e. The van der Waals surface area contributed by atoms with Gasteiger partial charge in [-0.15, -0.1) is 12.4 Å². The van der Waals surface area contributed by atoms with E-state index in [2.05, 4.69) is 0 Å². The molecule has 0 heterocycles. The Labute approximate surface area is 81.4 Å². The summed E-state index contributed by atoms with van der Waals surface area (Å²) >= 11 is 0. The van der Waals surface area contributed by atoms with Crippen molar-refractivity contribution in [2.75, 3.05) is 6.54 Å². The second-order valence-corrected chi connectivity index (χ2v) is 2.33. The molecular formula is C8H10ClNO3. The largest absolute Gasteiger partial charge is 0.504 e. The lowest BCUT2D eigenvalue weighted by Gasteiger charge is -2.00. The van der Waals surface area contributed by atoms with Gasteiger partial charge in [-0.25, -0.2) is 0 Å². The highest BCUT2D eigenvalue weighted by molar-refractivity contribution is 5.98. The van der Waals surface area contributed by atoms with Crippen molar-refractivity contribution in [3.63, 3.8) is 0 Å². The molecule has 4 N–H and O–H groups in total. The maximum absolute atomic E-state index is 11.0. The zero-order valence-electron chi connectivity index (χ0n) is 6.73. The molecule has 0 aromatic heterocycles. The van der Waals surface area contributed by atoms with Crippen LogP contribution in [0.4, 0.5) is 0 Å². The number of carbonyl (C=O) groups is 1. The van der Waals surface area contributed by atoms with Crippen LogP contribution in [0.1, 0.15) is 10.4 Å². The van der Waals surface area contributed by atoms with Crippen LogP contribution >= 0.6 is 12.4 Å². The van der Waals surface area contributed by atoms with E-state index in [1.165, 1.54) is 18.2 Å². The Morgan fingerprint density at radius 1 is 1.31 bits per heavy atom. The van der Waals surface area contributed by atoms with E-state index in [0.717, 1.165) is 0 Å². The Morgan fingerprint density at radius 2 is 1.92 bits per heavy atom. The molecule has 72 valence electrons. The Balaban J connectivity index is 0.00000144. The van der Waals surface area contributed by atoms with E-state index in [1.807, 2.05) is 0 Å². The van der Waals surface area contributed by atoms with Gasteiger partial charge in [0.05, 0.1) is 6.54 Å². The predicted molar refractivity (Wildman–Crippen MR) is 50.4 cm³/mol. The predicted octanol–water partition coefficient (Wildman–Crippen LogP) is 0.661. The van der Waals surface area contributed by atoms with Gasteiger partial charge in [0.15, 0.2) is 17.3 Å². The van der Waals surface area contributed by atoms with Gasteiger partial charge in [-0.1, -0.05) is 0 Å². The number of hydrogen-bond acceptors (Lipinski definition) is 4. The molecule has 0 saturated heterocycles. The van der Waals surface area contributed by atoms with Crippen LogP contribution < -0.4 is 5.73 Å². The van der Waals surface area contributed by atoms with Gasteiger partial charge in [0.25, 0.3) is 0 Å². The number of hydrogen-bond donors (Lipinski definition) is 3. The van der Waals surface area contributed by atoms with E-state index in [0.29, 0.717) is 5.56 Å². The summed E-state index contributed by atoms with van der Waals surface area (Å²) in [5.74, 6) is -0.830. The van der Waals surface area contributed by atoms with Crippen LogP contribution in [0.3, 0.4) is 0 Å². The molecule has 13 heavy (non-hydrogen) atoms. The van der Waals surface area contributed by atoms with Crippen LogP contribution in [0.25, 0.3) is 0 Å². The molecule has 4 nitrogen and oxygen atoms in total. The van der Waals surface area contributed by atoms with E-state index in [4.69, 9.17) is 15.9 Å². The fourth-order valence-corrected chi connectivity index (χ4v) is 0.815. The van der Waals surface area contributed by atoms with Gasteiger partial charge < -0.3 is 15.9 Å². The molecule has 5 heteroatoms. The molecular weight excluding hydrogens is 194 g/mol. The Bertz CT molecular complexity index is 314. The molecule has 0 saturated carbocycles. The average molecular weight is 204 g/mol. The van der Waals surface area contributed by atoms with Crippen molar-refractivity contribution in [1.29, 1.82) is 0 Å². The van der Waals surface area contributed by atoms with Crippen LogP contribution in [-0.4, -0.2) is 22.5 Å². The summed E-state index contributed by atoms with van der Waals surface area (Å²) in [6.45, 7) is -0.107. The fourth-order valence-electron chi connectivity index (χ4n) is 0.815.